The van der Waals surface area contributed by atoms with Crippen LogP contribution in [-0.4, -0.2) is 76.5 Å². The predicted molar refractivity (Wildman–Crippen MR) is 116 cm³/mol. The summed E-state index contributed by atoms with van der Waals surface area (Å²) in [6, 6.07) is 11.3. The van der Waals surface area contributed by atoms with Gasteiger partial charge in [0.05, 0.1) is 18.8 Å². The lowest BCUT2D eigenvalue weighted by Gasteiger charge is -2.35. The smallest absolute Gasteiger partial charge is 0.243 e. The summed E-state index contributed by atoms with van der Waals surface area (Å²) in [5.41, 5.74) is 1.38. The molecule has 0 bridgehead atoms. The van der Waals surface area contributed by atoms with E-state index in [-0.39, 0.29) is 42.4 Å². The Labute approximate surface area is 186 Å². The van der Waals surface area contributed by atoms with Crippen LogP contribution in [0.1, 0.15) is 28.9 Å². The maximum absolute atomic E-state index is 13.1. The number of amides is 2. The zero-order valence-corrected chi connectivity index (χ0v) is 18.0. The normalized spacial score (nSPS) is 18.8. The van der Waals surface area contributed by atoms with E-state index in [0.717, 1.165) is 31.6 Å². The Hall–Kier alpha value is -2.97. The van der Waals surface area contributed by atoms with Crippen molar-refractivity contribution in [1.29, 1.82) is 0 Å². The minimum Gasteiger partial charge on any atom is -0.302 e. The van der Waals surface area contributed by atoms with E-state index >= 15 is 0 Å². The molecule has 2 aromatic rings. The van der Waals surface area contributed by atoms with Crippen LogP contribution >= 0.6 is 0 Å². The Morgan fingerprint density at radius 2 is 1.62 bits per heavy atom. The number of ketones is 1. The standard InChI is InChI=1S/C24H27FN4O3/c25-20-6-4-18(5-7-20)24(32)19-8-11-27(12-9-19)13-14-29-22(30)16-28(17-23(29)31)15-21-3-1-2-10-26-21/h1-7,10,19H,8-9,11-17H2. The van der Waals surface area contributed by atoms with Crippen molar-refractivity contribution in [3.05, 3.63) is 65.7 Å². The number of carbonyl (C=O) groups is 3. The van der Waals surface area contributed by atoms with Gasteiger partial charge in [-0.3, -0.25) is 29.2 Å². The summed E-state index contributed by atoms with van der Waals surface area (Å²) < 4.78 is 13.1. The lowest BCUT2D eigenvalue weighted by Crippen LogP contribution is -2.55. The van der Waals surface area contributed by atoms with Gasteiger partial charge in [-0.2, -0.15) is 0 Å². The Morgan fingerprint density at radius 1 is 0.938 bits per heavy atom. The van der Waals surface area contributed by atoms with E-state index in [1.54, 1.807) is 6.20 Å². The first-order valence-corrected chi connectivity index (χ1v) is 11.0. The minimum absolute atomic E-state index is 0.0547. The third-order valence-electron chi connectivity index (χ3n) is 6.16. The molecule has 1 aromatic heterocycles. The first kappa shape index (κ1) is 22.2. The highest BCUT2D eigenvalue weighted by atomic mass is 19.1. The summed E-state index contributed by atoms with van der Waals surface area (Å²) >= 11 is 0. The molecule has 168 valence electrons. The minimum atomic E-state index is -0.349. The van der Waals surface area contributed by atoms with Crippen molar-refractivity contribution in [1.82, 2.24) is 19.7 Å². The monoisotopic (exact) mass is 438 g/mol. The van der Waals surface area contributed by atoms with E-state index in [1.807, 2.05) is 23.1 Å². The third-order valence-corrected chi connectivity index (χ3v) is 6.16. The molecule has 2 aliphatic heterocycles. The molecule has 1 aromatic carbocycles. The highest BCUT2D eigenvalue weighted by Crippen LogP contribution is 2.22. The molecule has 32 heavy (non-hydrogen) atoms. The summed E-state index contributed by atoms with van der Waals surface area (Å²) in [7, 11) is 0. The summed E-state index contributed by atoms with van der Waals surface area (Å²) in [4.78, 5) is 47.3. The fraction of sp³-hybridized carbons (Fsp3) is 0.417. The van der Waals surface area contributed by atoms with Crippen molar-refractivity contribution in [3.8, 4) is 0 Å². The van der Waals surface area contributed by atoms with Gasteiger partial charge in [0.2, 0.25) is 11.8 Å². The highest BCUT2D eigenvalue weighted by Gasteiger charge is 2.32. The molecule has 0 radical (unpaired) electrons. The van der Waals surface area contributed by atoms with Crippen LogP contribution in [0.4, 0.5) is 4.39 Å². The average molecular weight is 439 g/mol. The van der Waals surface area contributed by atoms with Crippen molar-refractivity contribution in [2.75, 3.05) is 39.3 Å². The van der Waals surface area contributed by atoms with Crippen LogP contribution in [-0.2, 0) is 16.1 Å². The van der Waals surface area contributed by atoms with Crippen molar-refractivity contribution in [2.45, 2.75) is 19.4 Å². The number of hydrogen-bond donors (Lipinski definition) is 0. The van der Waals surface area contributed by atoms with Crippen LogP contribution in [0.2, 0.25) is 0 Å². The molecule has 2 saturated heterocycles. The first-order chi connectivity index (χ1) is 15.5. The number of rotatable bonds is 7. The van der Waals surface area contributed by atoms with Gasteiger partial charge in [-0.15, -0.1) is 0 Å². The summed E-state index contributed by atoms with van der Waals surface area (Å²) in [5, 5.41) is 0. The van der Waals surface area contributed by atoms with Crippen LogP contribution in [0.25, 0.3) is 0 Å². The summed E-state index contributed by atoms with van der Waals surface area (Å²) in [5.74, 6) is -0.732. The van der Waals surface area contributed by atoms with Gasteiger partial charge in [0, 0.05) is 37.3 Å². The molecule has 8 heteroatoms. The van der Waals surface area contributed by atoms with Gasteiger partial charge in [-0.05, 0) is 62.3 Å². The Balaban J connectivity index is 1.22. The number of likely N-dealkylation sites (tertiary alicyclic amines) is 1. The number of nitrogens with zero attached hydrogens (tertiary/aromatic N) is 4. The van der Waals surface area contributed by atoms with Gasteiger partial charge in [0.15, 0.2) is 5.78 Å². The molecule has 2 amide bonds. The molecule has 3 heterocycles. The molecular weight excluding hydrogens is 411 g/mol. The fourth-order valence-electron chi connectivity index (χ4n) is 4.34. The van der Waals surface area contributed by atoms with Crippen molar-refractivity contribution >= 4 is 17.6 Å². The van der Waals surface area contributed by atoms with E-state index in [1.165, 1.54) is 29.2 Å². The van der Waals surface area contributed by atoms with Crippen LogP contribution < -0.4 is 0 Å². The molecule has 0 atom stereocenters. The number of piperidine rings is 1. The molecule has 4 rings (SSSR count). The number of aromatic nitrogens is 1. The van der Waals surface area contributed by atoms with Crippen molar-refractivity contribution in [3.63, 3.8) is 0 Å². The second-order valence-corrected chi connectivity index (χ2v) is 8.39. The Kier molecular flexibility index (Phi) is 7.02. The summed E-state index contributed by atoms with van der Waals surface area (Å²) in [6.07, 6.45) is 3.14. The van der Waals surface area contributed by atoms with Gasteiger partial charge in [0.25, 0.3) is 0 Å². The maximum atomic E-state index is 13.1. The number of piperazine rings is 1. The first-order valence-electron chi connectivity index (χ1n) is 11.0. The fourth-order valence-corrected chi connectivity index (χ4v) is 4.34. The zero-order chi connectivity index (χ0) is 22.5. The van der Waals surface area contributed by atoms with Gasteiger partial charge in [-0.25, -0.2) is 4.39 Å². The average Bonchev–Trinajstić information content (AvgIpc) is 2.80. The van der Waals surface area contributed by atoms with Gasteiger partial charge >= 0.3 is 0 Å². The molecule has 2 aliphatic rings. The van der Waals surface area contributed by atoms with E-state index in [9.17, 15) is 18.8 Å². The van der Waals surface area contributed by atoms with Crippen LogP contribution in [0.3, 0.4) is 0 Å². The van der Waals surface area contributed by atoms with E-state index in [2.05, 4.69) is 9.88 Å². The number of hydrogen-bond acceptors (Lipinski definition) is 6. The molecule has 0 aliphatic carbocycles. The van der Waals surface area contributed by atoms with Crippen molar-refractivity contribution in [2.24, 2.45) is 5.92 Å². The lowest BCUT2D eigenvalue weighted by atomic mass is 9.89. The summed E-state index contributed by atoms with van der Waals surface area (Å²) in [6.45, 7) is 3.33. The van der Waals surface area contributed by atoms with Crippen LogP contribution in [0.15, 0.2) is 48.7 Å². The number of halogens is 1. The second kappa shape index (κ2) is 10.1. The zero-order valence-electron chi connectivity index (χ0n) is 18.0. The molecule has 7 nitrogen and oxygen atoms in total. The Bertz CT molecular complexity index is 941. The topological polar surface area (TPSA) is 73.8 Å². The van der Waals surface area contributed by atoms with E-state index in [0.29, 0.717) is 25.2 Å². The molecule has 0 spiro atoms. The number of imide groups is 1. The van der Waals surface area contributed by atoms with Gasteiger partial charge in [-0.1, -0.05) is 6.07 Å². The van der Waals surface area contributed by atoms with Crippen LogP contribution in [0, 0.1) is 11.7 Å². The number of carbonyl (C=O) groups excluding carboxylic acids is 3. The largest absolute Gasteiger partial charge is 0.302 e. The molecule has 2 fully saturated rings. The molecule has 0 N–H and O–H groups in total. The highest BCUT2D eigenvalue weighted by molar-refractivity contribution is 5.99. The van der Waals surface area contributed by atoms with E-state index in [4.69, 9.17) is 0 Å². The number of pyridine rings is 1. The van der Waals surface area contributed by atoms with E-state index < -0.39 is 0 Å². The lowest BCUT2D eigenvalue weighted by molar-refractivity contribution is -0.151. The third kappa shape index (κ3) is 5.44. The number of Topliss-reactive ketones (excluding diaryl/α,β-unsaturated/α-hetero) is 1. The second-order valence-electron chi connectivity index (χ2n) is 8.39. The number of benzene rings is 1. The van der Waals surface area contributed by atoms with Crippen LogP contribution in [0.5, 0.6) is 0 Å². The van der Waals surface area contributed by atoms with Crippen molar-refractivity contribution < 1.29 is 18.8 Å². The molecule has 0 unspecified atom stereocenters. The molecular formula is C24H27FN4O3. The Morgan fingerprint density at radius 3 is 2.25 bits per heavy atom. The predicted octanol–water partition coefficient (Wildman–Crippen LogP) is 1.99. The maximum Gasteiger partial charge on any atom is 0.243 e. The SMILES string of the molecule is O=C(c1ccc(F)cc1)C1CCN(CCN2C(=O)CN(Cc3ccccn3)CC2=O)CC1. The van der Waals surface area contributed by atoms with Gasteiger partial charge in [0.1, 0.15) is 5.82 Å². The quantitative estimate of drug-likeness (QED) is 0.486. The van der Waals surface area contributed by atoms with Gasteiger partial charge < -0.3 is 4.90 Å². The molecule has 0 saturated carbocycles.